The van der Waals surface area contributed by atoms with Gasteiger partial charge in [-0.3, -0.25) is 9.97 Å². The minimum atomic E-state index is -0.500. The number of benzene rings is 2. The number of pyridine rings is 2. The van der Waals surface area contributed by atoms with Gasteiger partial charge in [-0.25, -0.2) is 0 Å². The van der Waals surface area contributed by atoms with Gasteiger partial charge in [0.25, 0.3) is 0 Å². The number of rotatable bonds is 0. The van der Waals surface area contributed by atoms with Crippen LogP contribution in [0.2, 0.25) is 0 Å². The van der Waals surface area contributed by atoms with E-state index in [0.717, 1.165) is 28.1 Å². The molecule has 0 amide bonds. The first kappa shape index (κ1) is 24.2. The van der Waals surface area contributed by atoms with Crippen molar-refractivity contribution >= 4 is 21.8 Å². The molecule has 0 bridgehead atoms. The Labute approximate surface area is 179 Å². The van der Waals surface area contributed by atoms with Gasteiger partial charge in [-0.1, -0.05) is 36.4 Å². The Bertz CT molecular complexity index is 942. The number of phenols is 2. The molecule has 2 aromatic heterocycles. The Hall–Kier alpha value is -2.80. The third-order valence-electron chi connectivity index (χ3n) is 3.22. The van der Waals surface area contributed by atoms with Crippen LogP contribution in [-0.2, 0) is 21.0 Å². The molecule has 0 radical (unpaired) electrons. The first-order chi connectivity index (χ1) is 13.8. The fourth-order valence-electron chi connectivity index (χ4n) is 2.18. The van der Waals surface area contributed by atoms with Gasteiger partial charge in [0.05, 0.1) is 5.60 Å². The second-order valence-corrected chi connectivity index (χ2v) is 6.88. The standard InChI is InChI=1S/2C9H7NO.C4H10O.O.V/c2*11-8-5-1-3-7-4-2-6-10-9(7)8;1-4(2,3)5;;/h2*1-6,11H;5H,1-3H3;;. The van der Waals surface area contributed by atoms with Gasteiger partial charge in [0.2, 0.25) is 0 Å². The van der Waals surface area contributed by atoms with Gasteiger partial charge in [-0.2, -0.15) is 0 Å². The number of phenolic OH excluding ortho intramolecular Hbond substituents is 2. The second kappa shape index (κ2) is 11.9. The summed E-state index contributed by atoms with van der Waals surface area (Å²) in [5.41, 5.74) is 0.824. The van der Waals surface area contributed by atoms with Crippen molar-refractivity contribution < 1.29 is 36.4 Å². The van der Waals surface area contributed by atoms with E-state index in [9.17, 15) is 10.2 Å². The molecule has 0 spiro atoms. The quantitative estimate of drug-likeness (QED) is 0.378. The topological polar surface area (TPSA) is 104 Å². The van der Waals surface area contributed by atoms with E-state index in [-0.39, 0.29) is 11.5 Å². The maximum atomic E-state index is 9.31. The van der Waals surface area contributed by atoms with Gasteiger partial charge < -0.3 is 15.3 Å². The predicted octanol–water partition coefficient (Wildman–Crippen LogP) is 4.54. The van der Waals surface area contributed by atoms with Crippen molar-refractivity contribution in [3.05, 3.63) is 73.1 Å². The van der Waals surface area contributed by atoms with Crippen LogP contribution in [0, 0.1) is 0 Å². The summed E-state index contributed by atoms with van der Waals surface area (Å²) in [4.78, 5) is 8.06. The van der Waals surface area contributed by atoms with Crippen LogP contribution < -0.4 is 0 Å². The Morgan fingerprint density at radius 1 is 0.690 bits per heavy atom. The second-order valence-electron chi connectivity index (χ2n) is 6.88. The summed E-state index contributed by atoms with van der Waals surface area (Å²) < 4.78 is 8.19. The summed E-state index contributed by atoms with van der Waals surface area (Å²) >= 11 is 1.06. The van der Waals surface area contributed by atoms with Crippen molar-refractivity contribution in [1.82, 2.24) is 9.97 Å². The van der Waals surface area contributed by atoms with Gasteiger partial charge in [0.1, 0.15) is 22.5 Å². The zero-order chi connectivity index (χ0) is 21.9. The number of fused-ring (bicyclic) bond motifs is 2. The molecule has 2 aromatic carbocycles. The molecule has 3 N–H and O–H groups in total. The summed E-state index contributed by atoms with van der Waals surface area (Å²) in [6, 6.07) is 18.3. The molecule has 6 nitrogen and oxygen atoms in total. The number of nitrogens with zero attached hydrogens (tertiary/aromatic N) is 2. The van der Waals surface area contributed by atoms with Gasteiger partial charge in [0.15, 0.2) is 0 Å². The van der Waals surface area contributed by atoms with Crippen molar-refractivity contribution in [3.8, 4) is 11.5 Å². The molecular weight excluding hydrogens is 407 g/mol. The Morgan fingerprint density at radius 3 is 1.31 bits per heavy atom. The summed E-state index contributed by atoms with van der Waals surface area (Å²) in [5, 5.41) is 29.1. The Kier molecular flexibility index (Phi) is 9.96. The zero-order valence-electron chi connectivity index (χ0n) is 16.5. The summed E-state index contributed by atoms with van der Waals surface area (Å²) in [5.74, 6) is 0.478. The number of aromatic hydroxyl groups is 2. The molecule has 0 saturated carbocycles. The number of aromatic nitrogens is 2. The average Bonchev–Trinajstić information content (AvgIpc) is 2.70. The van der Waals surface area contributed by atoms with E-state index < -0.39 is 5.60 Å². The van der Waals surface area contributed by atoms with Crippen LogP contribution in [0.1, 0.15) is 20.8 Å². The maximum absolute atomic E-state index is 9.31. The van der Waals surface area contributed by atoms with Crippen LogP contribution in [0.5, 0.6) is 11.5 Å². The van der Waals surface area contributed by atoms with Crippen LogP contribution in [-0.4, -0.2) is 30.9 Å². The molecule has 29 heavy (non-hydrogen) atoms. The molecule has 0 aliphatic heterocycles. The predicted molar refractivity (Wildman–Crippen MR) is 109 cm³/mol. The first-order valence-electron chi connectivity index (χ1n) is 8.72. The Balaban J connectivity index is 0.000000223. The van der Waals surface area contributed by atoms with Gasteiger partial charge in [-0.05, 0) is 45.0 Å². The molecule has 0 saturated heterocycles. The molecule has 4 aromatic rings. The fourth-order valence-corrected chi connectivity index (χ4v) is 2.18. The number of hydrogen-bond donors (Lipinski definition) is 3. The minimum absolute atomic E-state index is 0.239. The summed E-state index contributed by atoms with van der Waals surface area (Å²) in [6.45, 7) is 5.23. The third-order valence-corrected chi connectivity index (χ3v) is 3.22. The van der Waals surface area contributed by atoms with Gasteiger partial charge >= 0.3 is 21.0 Å². The number of aliphatic hydroxyl groups is 1. The molecule has 151 valence electrons. The monoisotopic (exact) mass is 431 g/mol. The number of para-hydroxylation sites is 2. The van der Waals surface area contributed by atoms with Crippen molar-refractivity contribution in [3.63, 3.8) is 0 Å². The van der Waals surface area contributed by atoms with E-state index in [1.165, 1.54) is 0 Å². The van der Waals surface area contributed by atoms with Crippen LogP contribution in [0.3, 0.4) is 0 Å². The van der Waals surface area contributed by atoms with Crippen LogP contribution in [0.4, 0.5) is 0 Å². The van der Waals surface area contributed by atoms with Crippen molar-refractivity contribution in [2.45, 2.75) is 26.4 Å². The van der Waals surface area contributed by atoms with E-state index >= 15 is 0 Å². The molecule has 0 aliphatic carbocycles. The summed E-state index contributed by atoms with van der Waals surface area (Å²) in [6.07, 6.45) is 3.34. The van der Waals surface area contributed by atoms with Crippen molar-refractivity contribution in [1.29, 1.82) is 0 Å². The molecule has 7 heteroatoms. The van der Waals surface area contributed by atoms with E-state index in [4.69, 9.17) is 8.78 Å². The van der Waals surface area contributed by atoms with Crippen LogP contribution in [0.25, 0.3) is 21.8 Å². The van der Waals surface area contributed by atoms with Gasteiger partial charge in [0, 0.05) is 23.2 Å². The van der Waals surface area contributed by atoms with Crippen LogP contribution >= 0.6 is 0 Å². The van der Waals surface area contributed by atoms with Crippen LogP contribution in [0.15, 0.2) is 73.1 Å². The first-order valence-corrected chi connectivity index (χ1v) is 9.29. The van der Waals surface area contributed by atoms with Crippen molar-refractivity contribution in [2.24, 2.45) is 0 Å². The van der Waals surface area contributed by atoms with E-state index in [2.05, 4.69) is 9.97 Å². The molecule has 4 rings (SSSR count). The molecule has 0 aliphatic rings. The average molecular weight is 431 g/mol. The molecule has 2 heterocycles. The van der Waals surface area contributed by atoms with E-state index in [1.807, 2.05) is 36.4 Å². The molecule has 0 fully saturated rings. The Morgan fingerprint density at radius 2 is 1.00 bits per heavy atom. The fraction of sp³-hybridized carbons (Fsp3) is 0.182. The SMILES string of the molecule is CC(C)(C)O.Oc1cccc2cccnc12.Oc1cccc2cccnc12.[O]=[V]. The van der Waals surface area contributed by atoms with E-state index in [0.29, 0.717) is 11.0 Å². The third kappa shape index (κ3) is 8.83. The number of hydrogen-bond acceptors (Lipinski definition) is 6. The zero-order valence-corrected chi connectivity index (χ0v) is 17.9. The molecular formula is C22H24N2O4V. The van der Waals surface area contributed by atoms with Gasteiger partial charge in [-0.15, -0.1) is 0 Å². The summed E-state index contributed by atoms with van der Waals surface area (Å²) in [7, 11) is 0. The molecule has 0 unspecified atom stereocenters. The van der Waals surface area contributed by atoms with E-state index in [1.54, 1.807) is 57.4 Å². The molecule has 0 atom stereocenters. The normalized spacial score (nSPS) is 9.90. The van der Waals surface area contributed by atoms with Crippen molar-refractivity contribution in [2.75, 3.05) is 0 Å².